The van der Waals surface area contributed by atoms with Gasteiger partial charge in [0.25, 0.3) is 0 Å². The van der Waals surface area contributed by atoms with E-state index in [1.54, 1.807) is 12.1 Å². The van der Waals surface area contributed by atoms with E-state index in [9.17, 15) is 9.18 Å². The number of carboxylic acid groups (broad SMARTS) is 1. The fraction of sp³-hybridized carbons (Fsp3) is 0.462. The van der Waals surface area contributed by atoms with Gasteiger partial charge in [-0.15, -0.1) is 0 Å². The molecule has 0 aliphatic carbocycles. The number of thioether (sulfide) groups is 1. The first-order valence-corrected chi connectivity index (χ1v) is 7.44. The predicted octanol–water partition coefficient (Wildman–Crippen LogP) is 3.25. The second kappa shape index (κ2) is 6.65. The molecule has 19 heavy (non-hydrogen) atoms. The van der Waals surface area contributed by atoms with Crippen LogP contribution in [0.15, 0.2) is 18.2 Å². The van der Waals surface area contributed by atoms with E-state index in [-0.39, 0.29) is 11.5 Å². The van der Waals surface area contributed by atoms with Gasteiger partial charge in [-0.3, -0.25) is 5.32 Å². The topological polar surface area (TPSA) is 52.6 Å². The standard InChI is InChI=1S/C13H17FN2O2S/c14-11-9-10(15-13(17)18)3-4-12(11)16-5-1-7-19-8-2-6-16/h3-4,9,15H,1-2,5-8H2,(H,17,18). The molecule has 6 heteroatoms. The Kier molecular flexibility index (Phi) is 4.90. The molecule has 0 saturated carbocycles. The van der Waals surface area contributed by atoms with Gasteiger partial charge in [-0.05, 0) is 42.5 Å². The molecule has 4 nitrogen and oxygen atoms in total. The molecule has 0 bridgehead atoms. The van der Waals surface area contributed by atoms with E-state index in [1.807, 2.05) is 16.7 Å². The maximum absolute atomic E-state index is 14.0. The Balaban J connectivity index is 2.12. The van der Waals surface area contributed by atoms with Gasteiger partial charge in [-0.2, -0.15) is 11.8 Å². The Morgan fingerprint density at radius 3 is 2.58 bits per heavy atom. The number of rotatable bonds is 2. The summed E-state index contributed by atoms with van der Waals surface area (Å²) in [6.07, 6.45) is 0.897. The van der Waals surface area contributed by atoms with Crippen LogP contribution in [0.2, 0.25) is 0 Å². The highest BCUT2D eigenvalue weighted by Crippen LogP contribution is 2.25. The molecule has 104 valence electrons. The Labute approximate surface area is 116 Å². The van der Waals surface area contributed by atoms with Crippen molar-refractivity contribution < 1.29 is 14.3 Å². The minimum absolute atomic E-state index is 0.261. The molecule has 2 rings (SSSR count). The lowest BCUT2D eigenvalue weighted by Gasteiger charge is -2.27. The molecule has 0 atom stereocenters. The van der Waals surface area contributed by atoms with Crippen LogP contribution in [0, 0.1) is 5.82 Å². The van der Waals surface area contributed by atoms with Gasteiger partial charge < -0.3 is 10.0 Å². The number of benzene rings is 1. The van der Waals surface area contributed by atoms with Crippen LogP contribution in [0.1, 0.15) is 12.8 Å². The summed E-state index contributed by atoms with van der Waals surface area (Å²) < 4.78 is 14.0. The molecule has 1 aliphatic heterocycles. The number of nitrogens with one attached hydrogen (secondary N) is 1. The van der Waals surface area contributed by atoms with Crippen molar-refractivity contribution in [3.63, 3.8) is 0 Å². The van der Waals surface area contributed by atoms with Crippen LogP contribution in [-0.2, 0) is 0 Å². The highest BCUT2D eigenvalue weighted by atomic mass is 32.2. The summed E-state index contributed by atoms with van der Waals surface area (Å²) in [5, 5.41) is 10.8. The molecule has 2 N–H and O–H groups in total. The minimum Gasteiger partial charge on any atom is -0.465 e. The molecule has 1 amide bonds. The van der Waals surface area contributed by atoms with Gasteiger partial charge in [-0.25, -0.2) is 9.18 Å². The van der Waals surface area contributed by atoms with E-state index in [1.165, 1.54) is 6.07 Å². The molecular formula is C13H17FN2O2S. The van der Waals surface area contributed by atoms with Crippen molar-refractivity contribution in [1.82, 2.24) is 0 Å². The van der Waals surface area contributed by atoms with E-state index >= 15 is 0 Å². The smallest absolute Gasteiger partial charge is 0.409 e. The maximum atomic E-state index is 14.0. The van der Waals surface area contributed by atoms with Crippen molar-refractivity contribution in [3.8, 4) is 0 Å². The summed E-state index contributed by atoms with van der Waals surface area (Å²) in [6.45, 7) is 1.69. The minimum atomic E-state index is -1.18. The molecule has 1 heterocycles. The normalized spacial score (nSPS) is 16.6. The lowest BCUT2D eigenvalue weighted by atomic mass is 10.2. The average molecular weight is 284 g/mol. The first-order valence-electron chi connectivity index (χ1n) is 6.29. The van der Waals surface area contributed by atoms with E-state index in [2.05, 4.69) is 5.32 Å². The zero-order valence-electron chi connectivity index (χ0n) is 10.6. The van der Waals surface area contributed by atoms with Crippen molar-refractivity contribution in [3.05, 3.63) is 24.0 Å². The van der Waals surface area contributed by atoms with E-state index in [0.717, 1.165) is 37.4 Å². The van der Waals surface area contributed by atoms with Crippen molar-refractivity contribution in [2.45, 2.75) is 12.8 Å². The quantitative estimate of drug-likeness (QED) is 0.875. The number of hydrogen-bond acceptors (Lipinski definition) is 3. The molecule has 1 aliphatic rings. The van der Waals surface area contributed by atoms with E-state index in [4.69, 9.17) is 5.11 Å². The molecular weight excluding hydrogens is 267 g/mol. The van der Waals surface area contributed by atoms with Gasteiger partial charge in [0, 0.05) is 18.8 Å². The van der Waals surface area contributed by atoms with Crippen molar-refractivity contribution >= 4 is 29.2 Å². The highest BCUT2D eigenvalue weighted by Gasteiger charge is 2.14. The average Bonchev–Trinajstić information content (AvgIpc) is 2.29. The van der Waals surface area contributed by atoms with Crippen LogP contribution in [-0.4, -0.2) is 35.8 Å². The number of amides is 1. The van der Waals surface area contributed by atoms with Crippen LogP contribution >= 0.6 is 11.8 Å². The SMILES string of the molecule is O=C(O)Nc1ccc(N2CCCSCCC2)c(F)c1. The van der Waals surface area contributed by atoms with Crippen molar-refractivity contribution in [1.29, 1.82) is 0 Å². The zero-order valence-corrected chi connectivity index (χ0v) is 11.4. The maximum Gasteiger partial charge on any atom is 0.409 e. The Morgan fingerprint density at radius 1 is 1.32 bits per heavy atom. The third-order valence-corrected chi connectivity index (χ3v) is 4.13. The first-order chi connectivity index (χ1) is 9.16. The third-order valence-electron chi connectivity index (χ3n) is 2.97. The molecule has 1 fully saturated rings. The Morgan fingerprint density at radius 2 is 2.00 bits per heavy atom. The van der Waals surface area contributed by atoms with Gasteiger partial charge in [0.1, 0.15) is 5.82 Å². The van der Waals surface area contributed by atoms with Crippen LogP contribution < -0.4 is 10.2 Å². The van der Waals surface area contributed by atoms with Gasteiger partial charge in [0.2, 0.25) is 0 Å². The van der Waals surface area contributed by atoms with Gasteiger partial charge >= 0.3 is 6.09 Å². The summed E-state index contributed by atoms with van der Waals surface area (Å²) in [5.74, 6) is 1.84. The van der Waals surface area contributed by atoms with E-state index < -0.39 is 6.09 Å². The van der Waals surface area contributed by atoms with Crippen LogP contribution in [0.25, 0.3) is 0 Å². The molecule has 0 radical (unpaired) electrons. The second-order valence-corrected chi connectivity index (χ2v) is 5.63. The zero-order chi connectivity index (χ0) is 13.7. The lowest BCUT2D eigenvalue weighted by molar-refractivity contribution is 0.209. The number of halogens is 1. The van der Waals surface area contributed by atoms with Crippen molar-refractivity contribution in [2.75, 3.05) is 34.8 Å². The van der Waals surface area contributed by atoms with E-state index in [0.29, 0.717) is 5.69 Å². The van der Waals surface area contributed by atoms with Crippen LogP contribution in [0.3, 0.4) is 0 Å². The molecule has 1 aromatic rings. The van der Waals surface area contributed by atoms with Crippen LogP contribution in [0.5, 0.6) is 0 Å². The molecule has 1 aromatic carbocycles. The predicted molar refractivity (Wildman–Crippen MR) is 76.8 cm³/mol. The molecule has 0 aromatic heterocycles. The monoisotopic (exact) mass is 284 g/mol. The summed E-state index contributed by atoms with van der Waals surface area (Å²) >= 11 is 1.94. The molecule has 1 saturated heterocycles. The van der Waals surface area contributed by atoms with Gasteiger partial charge in [-0.1, -0.05) is 0 Å². The number of nitrogens with zero attached hydrogens (tertiary/aromatic N) is 1. The Hall–Kier alpha value is -1.43. The number of hydrogen-bond donors (Lipinski definition) is 2. The second-order valence-electron chi connectivity index (χ2n) is 4.40. The fourth-order valence-corrected chi connectivity index (χ4v) is 3.00. The number of carbonyl (C=O) groups is 1. The molecule has 0 unspecified atom stereocenters. The van der Waals surface area contributed by atoms with Gasteiger partial charge in [0.15, 0.2) is 0 Å². The number of anilines is 2. The summed E-state index contributed by atoms with van der Waals surface area (Å²) in [6, 6.07) is 4.48. The first kappa shape index (κ1) is 14.0. The summed E-state index contributed by atoms with van der Waals surface area (Å²) in [7, 11) is 0. The highest BCUT2D eigenvalue weighted by molar-refractivity contribution is 7.99. The van der Waals surface area contributed by atoms with Crippen molar-refractivity contribution in [2.24, 2.45) is 0 Å². The Bertz CT molecular complexity index is 448. The van der Waals surface area contributed by atoms with Crippen LogP contribution in [0.4, 0.5) is 20.6 Å². The summed E-state index contributed by atoms with van der Waals surface area (Å²) in [5.41, 5.74) is 0.819. The van der Waals surface area contributed by atoms with Gasteiger partial charge in [0.05, 0.1) is 5.69 Å². The third kappa shape index (κ3) is 4.02. The lowest BCUT2D eigenvalue weighted by Crippen LogP contribution is -2.28. The summed E-state index contributed by atoms with van der Waals surface area (Å²) in [4.78, 5) is 12.5. The molecule has 0 spiro atoms. The largest absolute Gasteiger partial charge is 0.465 e. The fourth-order valence-electron chi connectivity index (χ4n) is 2.13.